The molecule has 20 heavy (non-hydrogen) atoms. The van der Waals surface area contributed by atoms with Gasteiger partial charge in [0.05, 0.1) is 5.69 Å². The van der Waals surface area contributed by atoms with E-state index in [1.807, 2.05) is 17.0 Å². The van der Waals surface area contributed by atoms with Crippen LogP contribution in [-0.2, 0) is 6.42 Å². The van der Waals surface area contributed by atoms with Gasteiger partial charge in [0.2, 0.25) is 0 Å². The smallest absolute Gasteiger partial charge is 0.125 e. The highest BCUT2D eigenvalue weighted by Gasteiger charge is 2.23. The second kappa shape index (κ2) is 5.04. The summed E-state index contributed by atoms with van der Waals surface area (Å²) in [5.74, 6) is -0.249. The van der Waals surface area contributed by atoms with E-state index in [9.17, 15) is 4.39 Å². The van der Waals surface area contributed by atoms with Crippen LogP contribution in [0.3, 0.4) is 0 Å². The molecule has 2 N–H and O–H groups in total. The number of anilines is 2. The van der Waals surface area contributed by atoms with Crippen LogP contribution in [0.4, 0.5) is 15.8 Å². The molecular weight excluding hydrogens is 295 g/mol. The standard InChI is InChI=1S/C15H12ClFN2S/c16-10-2-4-13(12(7-10)15(18)20)19-6-5-9-1-3-11(17)8-14(9)19/h1-4,7-8H,5-6H2,(H2,18,20). The van der Waals surface area contributed by atoms with Gasteiger partial charge in [-0.15, -0.1) is 0 Å². The molecule has 0 spiro atoms. The van der Waals surface area contributed by atoms with Crippen LogP contribution in [0.1, 0.15) is 11.1 Å². The Labute approximate surface area is 127 Å². The molecule has 102 valence electrons. The van der Waals surface area contributed by atoms with Crippen LogP contribution in [0.15, 0.2) is 36.4 Å². The van der Waals surface area contributed by atoms with Crippen molar-refractivity contribution in [2.24, 2.45) is 5.73 Å². The summed E-state index contributed by atoms with van der Waals surface area (Å²) in [6, 6.07) is 10.3. The Morgan fingerprint density at radius 2 is 2.00 bits per heavy atom. The third-order valence-corrected chi connectivity index (χ3v) is 3.91. The minimum absolute atomic E-state index is 0.249. The highest BCUT2D eigenvalue weighted by Crippen LogP contribution is 2.37. The second-order valence-corrected chi connectivity index (χ2v) is 5.58. The van der Waals surface area contributed by atoms with Gasteiger partial charge in [-0.25, -0.2) is 4.39 Å². The van der Waals surface area contributed by atoms with Crippen molar-refractivity contribution in [3.63, 3.8) is 0 Å². The Hall–Kier alpha value is -1.65. The van der Waals surface area contributed by atoms with Crippen molar-refractivity contribution in [3.05, 3.63) is 58.4 Å². The van der Waals surface area contributed by atoms with E-state index in [0.717, 1.165) is 29.9 Å². The van der Waals surface area contributed by atoms with Crippen LogP contribution in [-0.4, -0.2) is 11.5 Å². The van der Waals surface area contributed by atoms with Crippen LogP contribution in [0.5, 0.6) is 0 Å². The van der Waals surface area contributed by atoms with E-state index in [-0.39, 0.29) is 10.8 Å². The number of thiocarbonyl (C=S) groups is 1. The number of nitrogens with two attached hydrogens (primary N) is 1. The highest BCUT2D eigenvalue weighted by molar-refractivity contribution is 7.80. The molecule has 1 heterocycles. The molecule has 2 aromatic carbocycles. The Morgan fingerprint density at radius 1 is 1.20 bits per heavy atom. The number of fused-ring (bicyclic) bond motifs is 1. The van der Waals surface area contributed by atoms with Gasteiger partial charge in [0.15, 0.2) is 0 Å². The summed E-state index contributed by atoms with van der Waals surface area (Å²) in [6.45, 7) is 0.774. The molecule has 0 amide bonds. The van der Waals surface area contributed by atoms with Crippen molar-refractivity contribution in [1.82, 2.24) is 0 Å². The maximum atomic E-state index is 13.5. The Balaban J connectivity index is 2.13. The quantitative estimate of drug-likeness (QED) is 0.856. The number of hydrogen-bond donors (Lipinski definition) is 1. The van der Waals surface area contributed by atoms with E-state index in [2.05, 4.69) is 0 Å². The molecule has 0 fully saturated rings. The second-order valence-electron chi connectivity index (χ2n) is 4.70. The van der Waals surface area contributed by atoms with Crippen LogP contribution in [0.25, 0.3) is 0 Å². The maximum absolute atomic E-state index is 13.5. The molecule has 1 aliphatic rings. The number of nitrogens with zero attached hydrogens (tertiary/aromatic N) is 1. The summed E-state index contributed by atoms with van der Waals surface area (Å²) in [4.78, 5) is 2.32. The summed E-state index contributed by atoms with van der Waals surface area (Å²) in [5, 5.41) is 0.579. The van der Waals surface area contributed by atoms with E-state index in [0.29, 0.717) is 10.6 Å². The Morgan fingerprint density at radius 3 is 2.75 bits per heavy atom. The van der Waals surface area contributed by atoms with Crippen molar-refractivity contribution in [2.75, 3.05) is 11.4 Å². The van der Waals surface area contributed by atoms with E-state index >= 15 is 0 Å². The molecule has 0 saturated carbocycles. The van der Waals surface area contributed by atoms with Gasteiger partial charge in [0, 0.05) is 22.8 Å². The zero-order chi connectivity index (χ0) is 14.3. The first-order chi connectivity index (χ1) is 9.56. The summed E-state index contributed by atoms with van der Waals surface area (Å²) in [5.41, 5.74) is 9.34. The van der Waals surface area contributed by atoms with Gasteiger partial charge in [0.25, 0.3) is 0 Å². The fourth-order valence-corrected chi connectivity index (χ4v) is 2.88. The van der Waals surface area contributed by atoms with E-state index in [1.165, 1.54) is 6.07 Å². The van der Waals surface area contributed by atoms with Gasteiger partial charge in [-0.3, -0.25) is 0 Å². The summed E-state index contributed by atoms with van der Waals surface area (Å²) in [6.07, 6.45) is 0.870. The van der Waals surface area contributed by atoms with Gasteiger partial charge >= 0.3 is 0 Å². The van der Waals surface area contributed by atoms with Crippen molar-refractivity contribution in [1.29, 1.82) is 0 Å². The fraction of sp³-hybridized carbons (Fsp3) is 0.133. The molecular formula is C15H12ClFN2S. The molecule has 0 unspecified atom stereocenters. The van der Waals surface area contributed by atoms with E-state index < -0.39 is 0 Å². The number of rotatable bonds is 2. The number of halogens is 2. The third kappa shape index (κ3) is 2.25. The average molecular weight is 307 g/mol. The van der Waals surface area contributed by atoms with Crippen LogP contribution < -0.4 is 10.6 Å². The summed E-state index contributed by atoms with van der Waals surface area (Å²) >= 11 is 11.1. The molecule has 0 radical (unpaired) electrons. The van der Waals surface area contributed by atoms with Crippen molar-refractivity contribution in [2.45, 2.75) is 6.42 Å². The van der Waals surface area contributed by atoms with Crippen molar-refractivity contribution in [3.8, 4) is 0 Å². The lowest BCUT2D eigenvalue weighted by molar-refractivity contribution is 0.628. The lowest BCUT2D eigenvalue weighted by Gasteiger charge is -2.22. The van der Waals surface area contributed by atoms with E-state index in [1.54, 1.807) is 18.2 Å². The molecule has 0 saturated heterocycles. The zero-order valence-electron chi connectivity index (χ0n) is 10.6. The lowest BCUT2D eigenvalue weighted by atomic mass is 10.1. The van der Waals surface area contributed by atoms with Gasteiger partial charge in [-0.1, -0.05) is 29.9 Å². The van der Waals surface area contributed by atoms with Crippen molar-refractivity contribution >= 4 is 40.2 Å². The minimum Gasteiger partial charge on any atom is -0.389 e. The molecule has 1 aliphatic heterocycles. The summed E-state index contributed by atoms with van der Waals surface area (Å²) < 4.78 is 13.5. The molecule has 2 aromatic rings. The molecule has 0 aromatic heterocycles. The van der Waals surface area contributed by atoms with Gasteiger partial charge < -0.3 is 10.6 Å². The van der Waals surface area contributed by atoms with Crippen LogP contribution >= 0.6 is 23.8 Å². The number of benzene rings is 2. The lowest BCUT2D eigenvalue weighted by Crippen LogP contribution is -2.19. The van der Waals surface area contributed by atoms with Gasteiger partial charge in [-0.05, 0) is 42.3 Å². The first kappa shape index (κ1) is 13.3. The molecule has 3 rings (SSSR count). The topological polar surface area (TPSA) is 29.3 Å². The largest absolute Gasteiger partial charge is 0.389 e. The molecule has 0 bridgehead atoms. The van der Waals surface area contributed by atoms with Crippen LogP contribution in [0, 0.1) is 5.82 Å². The minimum atomic E-state index is -0.249. The third-order valence-electron chi connectivity index (χ3n) is 3.46. The van der Waals surface area contributed by atoms with Crippen LogP contribution in [0.2, 0.25) is 5.02 Å². The molecule has 0 atom stereocenters. The SMILES string of the molecule is NC(=S)c1cc(Cl)ccc1N1CCc2ccc(F)cc21. The van der Waals surface area contributed by atoms with Gasteiger partial charge in [0.1, 0.15) is 10.8 Å². The monoisotopic (exact) mass is 306 g/mol. The normalized spacial score (nSPS) is 13.4. The highest BCUT2D eigenvalue weighted by atomic mass is 35.5. The van der Waals surface area contributed by atoms with E-state index in [4.69, 9.17) is 29.6 Å². The van der Waals surface area contributed by atoms with Crippen molar-refractivity contribution < 1.29 is 4.39 Å². The predicted molar refractivity (Wildman–Crippen MR) is 84.4 cm³/mol. The Kier molecular flexibility index (Phi) is 3.36. The maximum Gasteiger partial charge on any atom is 0.125 e. The molecule has 5 heteroatoms. The first-order valence-corrected chi connectivity index (χ1v) is 7.00. The fourth-order valence-electron chi connectivity index (χ4n) is 2.54. The Bertz CT molecular complexity index is 702. The first-order valence-electron chi connectivity index (χ1n) is 6.21. The average Bonchev–Trinajstić information content (AvgIpc) is 2.81. The summed E-state index contributed by atoms with van der Waals surface area (Å²) in [7, 11) is 0. The molecule has 0 aliphatic carbocycles. The van der Waals surface area contributed by atoms with Gasteiger partial charge in [-0.2, -0.15) is 0 Å². The zero-order valence-corrected chi connectivity index (χ0v) is 12.1. The number of hydrogen-bond acceptors (Lipinski definition) is 2. The predicted octanol–water partition coefficient (Wildman–Crippen LogP) is 3.81. The molecule has 2 nitrogen and oxygen atoms in total.